The van der Waals surface area contributed by atoms with Gasteiger partial charge in [-0.2, -0.15) is 10.2 Å². The monoisotopic (exact) mass is 371 g/mol. The number of nitrogens with one attached hydrogen (secondary N) is 1. The summed E-state index contributed by atoms with van der Waals surface area (Å²) in [5.41, 5.74) is 11.0. The van der Waals surface area contributed by atoms with Gasteiger partial charge in [0.05, 0.1) is 29.2 Å². The van der Waals surface area contributed by atoms with Gasteiger partial charge in [0, 0.05) is 5.56 Å². The molecule has 0 atom stereocenters. The number of nitrogens with two attached hydrogens (primary N) is 1. The largest absolute Gasteiger partial charge is 0.394 e. The highest BCUT2D eigenvalue weighted by Crippen LogP contribution is 2.28. The van der Waals surface area contributed by atoms with Gasteiger partial charge in [-0.25, -0.2) is 4.68 Å². The van der Waals surface area contributed by atoms with E-state index in [1.165, 1.54) is 4.68 Å². The van der Waals surface area contributed by atoms with Crippen molar-refractivity contribution in [2.45, 2.75) is 19.9 Å². The molecule has 140 valence electrons. The van der Waals surface area contributed by atoms with Gasteiger partial charge in [0.1, 0.15) is 5.69 Å². The van der Waals surface area contributed by atoms with Crippen molar-refractivity contribution < 1.29 is 0 Å². The number of H-pyrrole nitrogens is 1. The Morgan fingerprint density at radius 1 is 1.04 bits per heavy atom. The van der Waals surface area contributed by atoms with E-state index >= 15 is 0 Å². The Balaban J connectivity index is 1.77. The van der Waals surface area contributed by atoms with Crippen LogP contribution >= 0.6 is 0 Å². The summed E-state index contributed by atoms with van der Waals surface area (Å²) in [7, 11) is 0. The second kappa shape index (κ2) is 7.52. The zero-order valence-electron chi connectivity index (χ0n) is 15.6. The highest BCUT2D eigenvalue weighted by atomic mass is 16.1. The molecule has 3 N–H and O–H groups in total. The molecule has 4 rings (SSSR count). The Labute approximate surface area is 162 Å². The first-order valence-corrected chi connectivity index (χ1v) is 9.22. The molecule has 0 bridgehead atoms. The van der Waals surface area contributed by atoms with Crippen LogP contribution in [0.4, 0.5) is 5.69 Å². The molecule has 28 heavy (non-hydrogen) atoms. The summed E-state index contributed by atoms with van der Waals surface area (Å²) in [5, 5.41) is 12.0. The fourth-order valence-corrected chi connectivity index (χ4v) is 3.26. The topological polar surface area (TPSA) is 89.6 Å². The van der Waals surface area contributed by atoms with E-state index in [4.69, 9.17) is 5.73 Å². The molecule has 0 aliphatic rings. The minimum absolute atomic E-state index is 0.186. The summed E-state index contributed by atoms with van der Waals surface area (Å²) in [4.78, 5) is 12.9. The predicted molar refractivity (Wildman–Crippen MR) is 111 cm³/mol. The van der Waals surface area contributed by atoms with Crippen molar-refractivity contribution in [2.75, 3.05) is 5.73 Å². The molecule has 0 saturated heterocycles. The zero-order valence-corrected chi connectivity index (χ0v) is 15.6. The van der Waals surface area contributed by atoms with E-state index in [1.807, 2.05) is 73.7 Å². The van der Waals surface area contributed by atoms with Crippen LogP contribution in [-0.2, 0) is 13.0 Å². The maximum Gasteiger partial charge on any atom is 0.290 e. The molecule has 0 fully saturated rings. The van der Waals surface area contributed by atoms with Crippen LogP contribution in [0, 0.1) is 0 Å². The van der Waals surface area contributed by atoms with Crippen molar-refractivity contribution in [1.29, 1.82) is 0 Å². The van der Waals surface area contributed by atoms with Crippen LogP contribution in [-0.4, -0.2) is 20.0 Å². The standard InChI is InChI=1S/C22H21N5O/c1-2-17-20(19-13-18(24-25-19)16-11-7-4-8-12-16)21(23)22(28)27(26-17)14-15-9-5-3-6-10-15/h3-13H,2,14,23H2,1H3,(H,24,25). The number of aromatic nitrogens is 4. The van der Waals surface area contributed by atoms with Crippen LogP contribution in [0.15, 0.2) is 71.5 Å². The first kappa shape index (κ1) is 17.7. The number of benzene rings is 2. The minimum Gasteiger partial charge on any atom is -0.394 e. The second-order valence-corrected chi connectivity index (χ2v) is 6.57. The maximum atomic E-state index is 12.9. The van der Waals surface area contributed by atoms with Crippen molar-refractivity contribution in [3.8, 4) is 22.5 Å². The molecular formula is C22H21N5O. The Morgan fingerprint density at radius 2 is 1.71 bits per heavy atom. The number of rotatable bonds is 5. The summed E-state index contributed by atoms with van der Waals surface area (Å²) < 4.78 is 1.43. The zero-order chi connectivity index (χ0) is 19.5. The molecule has 0 aliphatic carbocycles. The normalized spacial score (nSPS) is 10.9. The molecule has 0 unspecified atom stereocenters. The minimum atomic E-state index is -0.299. The van der Waals surface area contributed by atoms with Crippen molar-refractivity contribution in [3.63, 3.8) is 0 Å². The fourth-order valence-electron chi connectivity index (χ4n) is 3.26. The SMILES string of the molecule is CCc1nn(Cc2ccccc2)c(=O)c(N)c1-c1cc(-c2ccccc2)n[nH]1. The van der Waals surface area contributed by atoms with Gasteiger partial charge in [0.25, 0.3) is 5.56 Å². The Hall–Kier alpha value is -3.67. The summed E-state index contributed by atoms with van der Waals surface area (Å²) in [6.07, 6.45) is 0.647. The smallest absolute Gasteiger partial charge is 0.290 e. The Bertz CT molecular complexity index is 1150. The second-order valence-electron chi connectivity index (χ2n) is 6.57. The number of aryl methyl sites for hydroxylation is 1. The van der Waals surface area contributed by atoms with Crippen LogP contribution in [0.1, 0.15) is 18.2 Å². The van der Waals surface area contributed by atoms with Crippen LogP contribution < -0.4 is 11.3 Å². The number of hydrogen-bond donors (Lipinski definition) is 2. The van der Waals surface area contributed by atoms with Gasteiger partial charge in [0.15, 0.2) is 0 Å². The lowest BCUT2D eigenvalue weighted by Gasteiger charge is -2.13. The van der Waals surface area contributed by atoms with Gasteiger partial charge in [0.2, 0.25) is 0 Å². The summed E-state index contributed by atoms with van der Waals surface area (Å²) in [5.74, 6) is 0. The van der Waals surface area contributed by atoms with E-state index in [0.29, 0.717) is 24.2 Å². The molecule has 2 heterocycles. The van der Waals surface area contributed by atoms with E-state index in [-0.39, 0.29) is 11.2 Å². The van der Waals surface area contributed by atoms with Crippen LogP contribution in [0.3, 0.4) is 0 Å². The molecule has 2 aromatic carbocycles. The quantitative estimate of drug-likeness (QED) is 0.562. The van der Waals surface area contributed by atoms with Crippen LogP contribution in [0.2, 0.25) is 0 Å². The fraction of sp³-hybridized carbons (Fsp3) is 0.136. The van der Waals surface area contributed by atoms with Crippen LogP contribution in [0.5, 0.6) is 0 Å². The third kappa shape index (κ3) is 3.32. The molecule has 0 spiro atoms. The number of anilines is 1. The highest BCUT2D eigenvalue weighted by Gasteiger charge is 2.18. The number of nitrogen functional groups attached to an aromatic ring is 1. The lowest BCUT2D eigenvalue weighted by atomic mass is 10.1. The first-order valence-electron chi connectivity index (χ1n) is 9.22. The van der Waals surface area contributed by atoms with Gasteiger partial charge in [-0.05, 0) is 18.1 Å². The molecule has 0 saturated carbocycles. The first-order chi connectivity index (χ1) is 13.7. The van der Waals surface area contributed by atoms with E-state index in [0.717, 1.165) is 22.5 Å². The predicted octanol–water partition coefficient (Wildman–Crippen LogP) is 3.49. The van der Waals surface area contributed by atoms with Crippen molar-refractivity contribution in [1.82, 2.24) is 20.0 Å². The third-order valence-electron chi connectivity index (χ3n) is 4.69. The van der Waals surface area contributed by atoms with Crippen molar-refractivity contribution in [2.24, 2.45) is 0 Å². The lowest BCUT2D eigenvalue weighted by Crippen LogP contribution is -2.28. The van der Waals surface area contributed by atoms with E-state index in [1.54, 1.807) is 0 Å². The molecule has 0 amide bonds. The summed E-state index contributed by atoms with van der Waals surface area (Å²) in [6, 6.07) is 21.5. The molecule has 6 heteroatoms. The number of nitrogens with zero attached hydrogens (tertiary/aromatic N) is 3. The van der Waals surface area contributed by atoms with E-state index in [9.17, 15) is 4.79 Å². The molecule has 6 nitrogen and oxygen atoms in total. The molecular weight excluding hydrogens is 350 g/mol. The van der Waals surface area contributed by atoms with Crippen molar-refractivity contribution in [3.05, 3.63) is 88.3 Å². The van der Waals surface area contributed by atoms with Gasteiger partial charge in [-0.15, -0.1) is 0 Å². The molecule has 2 aromatic heterocycles. The number of aromatic amines is 1. The molecule has 4 aromatic rings. The third-order valence-corrected chi connectivity index (χ3v) is 4.69. The van der Waals surface area contributed by atoms with E-state index in [2.05, 4.69) is 15.3 Å². The number of hydrogen-bond acceptors (Lipinski definition) is 4. The summed E-state index contributed by atoms with van der Waals surface area (Å²) >= 11 is 0. The van der Waals surface area contributed by atoms with E-state index < -0.39 is 0 Å². The van der Waals surface area contributed by atoms with Gasteiger partial charge in [-0.1, -0.05) is 67.6 Å². The highest BCUT2D eigenvalue weighted by molar-refractivity contribution is 5.77. The average molecular weight is 371 g/mol. The Morgan fingerprint density at radius 3 is 2.39 bits per heavy atom. The van der Waals surface area contributed by atoms with Crippen LogP contribution in [0.25, 0.3) is 22.5 Å². The lowest BCUT2D eigenvalue weighted by molar-refractivity contribution is 0.624. The van der Waals surface area contributed by atoms with Crippen molar-refractivity contribution >= 4 is 5.69 Å². The van der Waals surface area contributed by atoms with Gasteiger partial charge >= 0.3 is 0 Å². The average Bonchev–Trinajstić information content (AvgIpc) is 3.22. The molecule has 0 aliphatic heterocycles. The molecule has 0 radical (unpaired) electrons. The maximum absolute atomic E-state index is 12.9. The van der Waals surface area contributed by atoms with Gasteiger partial charge in [-0.3, -0.25) is 9.89 Å². The Kier molecular flexibility index (Phi) is 4.76. The summed E-state index contributed by atoms with van der Waals surface area (Å²) in [6.45, 7) is 2.38. The van der Waals surface area contributed by atoms with Gasteiger partial charge < -0.3 is 5.73 Å².